The predicted octanol–water partition coefficient (Wildman–Crippen LogP) is 4.78. The highest BCUT2D eigenvalue weighted by atomic mass is 14.9. The Hall–Kier alpha value is -1.60. The number of benzene rings is 2. The number of rotatable bonds is 6. The smallest absolute Gasteiger partial charge is 0.00966 e. The number of nitrogens with one attached hydrogen (secondary N) is 1. The monoisotopic (exact) mass is 295 g/mol. The first kappa shape index (κ1) is 16.8. The van der Waals surface area contributed by atoms with Gasteiger partial charge in [0.15, 0.2) is 0 Å². The van der Waals surface area contributed by atoms with Crippen LogP contribution in [0, 0.1) is 12.8 Å². The van der Waals surface area contributed by atoms with Gasteiger partial charge in [0.2, 0.25) is 0 Å². The molecule has 1 N–H and O–H groups in total. The Bertz CT molecular complexity index is 566. The minimum absolute atomic E-state index is 0.168. The zero-order valence-corrected chi connectivity index (χ0v) is 14.4. The lowest BCUT2D eigenvalue weighted by molar-refractivity contribution is 0.367. The summed E-state index contributed by atoms with van der Waals surface area (Å²) >= 11 is 0. The van der Waals surface area contributed by atoms with Crippen molar-refractivity contribution in [3.05, 3.63) is 71.3 Å². The molecule has 2 rings (SSSR count). The van der Waals surface area contributed by atoms with Crippen molar-refractivity contribution in [2.45, 2.75) is 46.1 Å². The fraction of sp³-hybridized carbons (Fsp3) is 0.429. The Balaban J connectivity index is 2.07. The third-order valence-electron chi connectivity index (χ3n) is 3.90. The fourth-order valence-corrected chi connectivity index (χ4v) is 2.79. The van der Waals surface area contributed by atoms with E-state index in [0.29, 0.717) is 5.92 Å². The van der Waals surface area contributed by atoms with Gasteiger partial charge in [-0.3, -0.25) is 0 Å². The van der Waals surface area contributed by atoms with Crippen molar-refractivity contribution in [3.63, 3.8) is 0 Å². The van der Waals surface area contributed by atoms with Crippen LogP contribution in [-0.4, -0.2) is 12.1 Å². The molecular weight excluding hydrogens is 266 g/mol. The first-order valence-corrected chi connectivity index (χ1v) is 8.27. The molecule has 0 aliphatic heterocycles. The lowest BCUT2D eigenvalue weighted by Crippen LogP contribution is -2.40. The third kappa shape index (κ3) is 6.03. The molecule has 0 heterocycles. The summed E-state index contributed by atoms with van der Waals surface area (Å²) in [7, 11) is 0. The molecule has 1 heteroatoms. The maximum Gasteiger partial charge on any atom is 0.00966 e. The largest absolute Gasteiger partial charge is 0.312 e. The summed E-state index contributed by atoms with van der Waals surface area (Å²) in [5.74, 6) is 0.614. The van der Waals surface area contributed by atoms with E-state index >= 15 is 0 Å². The van der Waals surface area contributed by atoms with Crippen molar-refractivity contribution in [1.29, 1.82) is 0 Å². The van der Waals surface area contributed by atoms with Crippen LogP contribution in [0.3, 0.4) is 0 Å². The summed E-state index contributed by atoms with van der Waals surface area (Å²) in [5, 5.41) is 3.68. The topological polar surface area (TPSA) is 12.0 Å². The molecule has 0 aliphatic rings. The second-order valence-corrected chi connectivity index (χ2v) is 7.38. The minimum atomic E-state index is 0.168. The van der Waals surface area contributed by atoms with Gasteiger partial charge in [-0.1, -0.05) is 60.2 Å². The molecule has 0 amide bonds. The number of aryl methyl sites for hydroxylation is 1. The molecule has 1 unspecified atom stereocenters. The van der Waals surface area contributed by atoms with Crippen molar-refractivity contribution in [2.24, 2.45) is 5.92 Å². The molecule has 1 nitrogen and oxygen atoms in total. The van der Waals surface area contributed by atoms with Gasteiger partial charge in [0.1, 0.15) is 0 Å². The van der Waals surface area contributed by atoms with Crippen molar-refractivity contribution in [2.75, 3.05) is 6.54 Å². The van der Waals surface area contributed by atoms with E-state index in [2.05, 4.69) is 87.6 Å². The minimum Gasteiger partial charge on any atom is -0.312 e. The number of hydrogen-bond donors (Lipinski definition) is 1. The Labute approximate surface area is 135 Å². The van der Waals surface area contributed by atoms with E-state index in [1.54, 1.807) is 0 Å². The van der Waals surface area contributed by atoms with E-state index in [0.717, 1.165) is 19.4 Å². The zero-order chi connectivity index (χ0) is 16.0. The second kappa shape index (κ2) is 7.60. The van der Waals surface area contributed by atoms with Crippen LogP contribution in [0.2, 0.25) is 0 Å². The van der Waals surface area contributed by atoms with Crippen LogP contribution >= 0.6 is 0 Å². The van der Waals surface area contributed by atoms with Gasteiger partial charge < -0.3 is 5.32 Å². The lowest BCUT2D eigenvalue weighted by atomic mass is 9.91. The highest BCUT2D eigenvalue weighted by Crippen LogP contribution is 2.16. The Morgan fingerprint density at radius 2 is 1.50 bits per heavy atom. The second-order valence-electron chi connectivity index (χ2n) is 7.38. The lowest BCUT2D eigenvalue weighted by Gasteiger charge is -2.25. The first-order valence-electron chi connectivity index (χ1n) is 8.27. The summed E-state index contributed by atoms with van der Waals surface area (Å²) in [6.45, 7) is 9.92. The van der Waals surface area contributed by atoms with Gasteiger partial charge in [-0.05, 0) is 64.1 Å². The molecule has 0 aromatic heterocycles. The maximum atomic E-state index is 3.68. The highest BCUT2D eigenvalue weighted by molar-refractivity contribution is 5.23. The molecule has 0 aliphatic carbocycles. The molecule has 0 spiro atoms. The van der Waals surface area contributed by atoms with Gasteiger partial charge in [-0.15, -0.1) is 0 Å². The quantitative estimate of drug-likeness (QED) is 0.808. The summed E-state index contributed by atoms with van der Waals surface area (Å²) in [4.78, 5) is 0. The van der Waals surface area contributed by atoms with Gasteiger partial charge in [-0.2, -0.15) is 0 Å². The third-order valence-corrected chi connectivity index (χ3v) is 3.90. The van der Waals surface area contributed by atoms with Crippen LogP contribution in [0.1, 0.15) is 37.5 Å². The van der Waals surface area contributed by atoms with Gasteiger partial charge in [0.05, 0.1) is 0 Å². The summed E-state index contributed by atoms with van der Waals surface area (Å²) < 4.78 is 0. The fourth-order valence-electron chi connectivity index (χ4n) is 2.79. The van der Waals surface area contributed by atoms with Crippen molar-refractivity contribution >= 4 is 0 Å². The Morgan fingerprint density at radius 3 is 2.14 bits per heavy atom. The molecule has 2 aromatic carbocycles. The molecule has 1 atom stereocenters. The van der Waals surface area contributed by atoms with E-state index in [4.69, 9.17) is 0 Å². The van der Waals surface area contributed by atoms with E-state index in [1.807, 2.05) is 0 Å². The molecule has 0 saturated heterocycles. The van der Waals surface area contributed by atoms with E-state index in [9.17, 15) is 0 Å². The van der Waals surface area contributed by atoms with Crippen molar-refractivity contribution < 1.29 is 0 Å². The molecule has 0 saturated carbocycles. The normalized spacial score (nSPS) is 13.1. The molecule has 118 valence electrons. The summed E-state index contributed by atoms with van der Waals surface area (Å²) in [5.41, 5.74) is 4.38. The Kier molecular flexibility index (Phi) is 5.79. The average Bonchev–Trinajstić information content (AvgIpc) is 2.45. The van der Waals surface area contributed by atoms with E-state index in [1.165, 1.54) is 16.7 Å². The van der Waals surface area contributed by atoms with Gasteiger partial charge in [0, 0.05) is 5.54 Å². The highest BCUT2D eigenvalue weighted by Gasteiger charge is 2.15. The van der Waals surface area contributed by atoms with E-state index < -0.39 is 0 Å². The molecule has 0 bridgehead atoms. The molecular formula is C21H29N. The van der Waals surface area contributed by atoms with Crippen LogP contribution in [0.15, 0.2) is 54.6 Å². The summed E-state index contributed by atoms with van der Waals surface area (Å²) in [6.07, 6.45) is 2.25. The van der Waals surface area contributed by atoms with Gasteiger partial charge in [-0.25, -0.2) is 0 Å². The standard InChI is InChI=1S/C21H29N/c1-17-9-8-12-19(13-17)15-20(16-22-21(2,3)4)14-18-10-6-5-7-11-18/h5-13,20,22H,14-16H2,1-4H3. The van der Waals surface area contributed by atoms with Crippen LogP contribution in [0.4, 0.5) is 0 Å². The SMILES string of the molecule is Cc1cccc(CC(CNC(C)(C)C)Cc2ccccc2)c1. The molecule has 0 radical (unpaired) electrons. The van der Waals surface area contributed by atoms with Gasteiger partial charge >= 0.3 is 0 Å². The van der Waals surface area contributed by atoms with Crippen LogP contribution in [0.5, 0.6) is 0 Å². The number of hydrogen-bond acceptors (Lipinski definition) is 1. The predicted molar refractivity (Wildman–Crippen MR) is 96.3 cm³/mol. The molecule has 0 fully saturated rings. The van der Waals surface area contributed by atoms with Crippen molar-refractivity contribution in [1.82, 2.24) is 5.32 Å². The van der Waals surface area contributed by atoms with Crippen LogP contribution < -0.4 is 5.32 Å². The van der Waals surface area contributed by atoms with Crippen LogP contribution in [0.25, 0.3) is 0 Å². The zero-order valence-electron chi connectivity index (χ0n) is 14.4. The van der Waals surface area contributed by atoms with Gasteiger partial charge in [0.25, 0.3) is 0 Å². The first-order chi connectivity index (χ1) is 10.4. The van der Waals surface area contributed by atoms with Crippen molar-refractivity contribution in [3.8, 4) is 0 Å². The average molecular weight is 295 g/mol. The molecule has 2 aromatic rings. The maximum absolute atomic E-state index is 3.68. The summed E-state index contributed by atoms with van der Waals surface area (Å²) in [6, 6.07) is 19.7. The Morgan fingerprint density at radius 1 is 0.864 bits per heavy atom. The van der Waals surface area contributed by atoms with Crippen LogP contribution in [-0.2, 0) is 12.8 Å². The van der Waals surface area contributed by atoms with E-state index in [-0.39, 0.29) is 5.54 Å². The molecule has 22 heavy (non-hydrogen) atoms.